The third-order valence-corrected chi connectivity index (χ3v) is 3.19. The molecule has 0 saturated carbocycles. The highest BCUT2D eigenvalue weighted by atomic mass is 16.1. The van der Waals surface area contributed by atoms with Crippen LogP contribution in [0.1, 0.15) is 45.2 Å². The highest BCUT2D eigenvalue weighted by molar-refractivity contribution is 5.78. The van der Waals surface area contributed by atoms with E-state index in [0.717, 1.165) is 19.4 Å². The first kappa shape index (κ1) is 13.9. The van der Waals surface area contributed by atoms with Crippen LogP contribution in [0.4, 0.5) is 0 Å². The van der Waals surface area contributed by atoms with E-state index in [1.54, 1.807) is 6.92 Å². The number of Topliss-reactive ketones (excluding diaryl/α,β-unsaturated/α-hetero) is 1. The van der Waals surface area contributed by atoms with Gasteiger partial charge in [-0.15, -0.1) is 0 Å². The van der Waals surface area contributed by atoms with Crippen LogP contribution >= 0.6 is 0 Å². The Bertz CT molecular complexity index is 326. The fraction of sp³-hybridized carbons (Fsp3) is 0.533. The second kappa shape index (κ2) is 7.23. The smallest absolute Gasteiger partial charge is 0.134 e. The number of piperidine rings is 1. The van der Waals surface area contributed by atoms with Gasteiger partial charge in [0.1, 0.15) is 5.78 Å². The predicted octanol–water partition coefficient (Wildman–Crippen LogP) is 3.34. The van der Waals surface area contributed by atoms with E-state index in [2.05, 4.69) is 29.6 Å². The summed E-state index contributed by atoms with van der Waals surface area (Å²) in [5, 5.41) is 3.45. The minimum absolute atomic E-state index is 0.227. The van der Waals surface area contributed by atoms with Gasteiger partial charge in [-0.25, -0.2) is 0 Å². The Morgan fingerprint density at radius 1 is 1.18 bits per heavy atom. The van der Waals surface area contributed by atoms with Gasteiger partial charge in [-0.2, -0.15) is 0 Å². The lowest BCUT2D eigenvalue weighted by molar-refractivity contribution is -0.121. The quantitative estimate of drug-likeness (QED) is 0.848. The summed E-state index contributed by atoms with van der Waals surface area (Å²) in [6, 6.07) is 10.9. The van der Waals surface area contributed by atoms with E-state index in [9.17, 15) is 4.79 Å². The van der Waals surface area contributed by atoms with Gasteiger partial charge < -0.3 is 5.32 Å². The summed E-state index contributed by atoms with van der Waals surface area (Å²) in [7, 11) is 0. The number of rotatable bonds is 2. The van der Waals surface area contributed by atoms with Crippen LogP contribution in [0, 0.1) is 5.92 Å². The Kier molecular flexibility index (Phi) is 5.92. The highest BCUT2D eigenvalue weighted by Gasteiger charge is 2.23. The first-order valence-electron chi connectivity index (χ1n) is 6.56. The molecule has 2 atom stereocenters. The Hall–Kier alpha value is -1.15. The maximum absolute atomic E-state index is 11.2. The molecule has 0 bridgehead atoms. The maximum Gasteiger partial charge on any atom is 0.134 e. The van der Waals surface area contributed by atoms with Crippen LogP contribution in [0.15, 0.2) is 30.3 Å². The molecule has 1 aliphatic rings. The lowest BCUT2D eigenvalue weighted by atomic mass is 9.89. The third-order valence-electron chi connectivity index (χ3n) is 3.19. The molecule has 0 amide bonds. The van der Waals surface area contributed by atoms with Crippen molar-refractivity contribution in [1.82, 2.24) is 5.32 Å². The van der Waals surface area contributed by atoms with E-state index in [-0.39, 0.29) is 5.92 Å². The molecule has 0 spiro atoms. The minimum atomic E-state index is 0.227. The van der Waals surface area contributed by atoms with E-state index < -0.39 is 0 Å². The van der Waals surface area contributed by atoms with Crippen molar-refractivity contribution in [2.24, 2.45) is 5.92 Å². The van der Waals surface area contributed by atoms with Crippen LogP contribution in [0.5, 0.6) is 0 Å². The highest BCUT2D eigenvalue weighted by Crippen LogP contribution is 2.25. The van der Waals surface area contributed by atoms with E-state index in [1.807, 2.05) is 19.9 Å². The van der Waals surface area contributed by atoms with E-state index in [4.69, 9.17) is 0 Å². The molecular formula is C15H23NO. The fourth-order valence-corrected chi connectivity index (χ4v) is 2.17. The first-order valence-corrected chi connectivity index (χ1v) is 6.56. The van der Waals surface area contributed by atoms with Crippen molar-refractivity contribution in [3.63, 3.8) is 0 Å². The minimum Gasteiger partial charge on any atom is -0.309 e. The van der Waals surface area contributed by atoms with Gasteiger partial charge in [0.05, 0.1) is 0 Å². The van der Waals surface area contributed by atoms with Gasteiger partial charge >= 0.3 is 0 Å². The topological polar surface area (TPSA) is 29.1 Å². The number of nitrogens with one attached hydrogen (secondary N) is 1. The number of hydrogen-bond donors (Lipinski definition) is 1. The summed E-state index contributed by atoms with van der Waals surface area (Å²) < 4.78 is 0. The Labute approximate surface area is 104 Å². The van der Waals surface area contributed by atoms with Crippen molar-refractivity contribution in [3.05, 3.63) is 35.9 Å². The lowest BCUT2D eigenvalue weighted by Crippen LogP contribution is -2.36. The summed E-state index contributed by atoms with van der Waals surface area (Å²) in [5.74, 6) is 0.541. The molecule has 1 fully saturated rings. The van der Waals surface area contributed by atoms with E-state index in [1.165, 1.54) is 5.56 Å². The van der Waals surface area contributed by atoms with Gasteiger partial charge in [-0.3, -0.25) is 4.79 Å². The molecule has 1 heterocycles. The zero-order valence-corrected chi connectivity index (χ0v) is 11.1. The summed E-state index contributed by atoms with van der Waals surface area (Å²) in [5.41, 5.74) is 1.33. The summed E-state index contributed by atoms with van der Waals surface area (Å²) in [6.45, 7) is 6.52. The van der Waals surface area contributed by atoms with E-state index in [0.29, 0.717) is 11.8 Å². The van der Waals surface area contributed by atoms with Gasteiger partial charge in [0.2, 0.25) is 0 Å². The van der Waals surface area contributed by atoms with Crippen molar-refractivity contribution in [3.8, 4) is 0 Å². The van der Waals surface area contributed by atoms with Crippen molar-refractivity contribution < 1.29 is 4.79 Å². The second-order valence-electron chi connectivity index (χ2n) is 4.26. The van der Waals surface area contributed by atoms with Gasteiger partial charge in [0, 0.05) is 18.5 Å². The van der Waals surface area contributed by atoms with E-state index >= 15 is 0 Å². The van der Waals surface area contributed by atoms with Crippen LogP contribution in [0.2, 0.25) is 0 Å². The molecule has 0 radical (unpaired) electrons. The van der Waals surface area contributed by atoms with Gasteiger partial charge in [-0.1, -0.05) is 44.2 Å². The standard InChI is InChI=1S/C13H17NO.C2H6/c1-10(15)12-7-8-13(14-9-12)11-5-3-2-4-6-11;1-2/h2-6,12-14H,7-9H2,1H3;1-2H3/t12?,13-;/m0./s1. The lowest BCUT2D eigenvalue weighted by Gasteiger charge is -2.28. The molecule has 1 N–H and O–H groups in total. The van der Waals surface area contributed by atoms with Crippen LogP contribution in [0.3, 0.4) is 0 Å². The number of benzene rings is 1. The largest absolute Gasteiger partial charge is 0.309 e. The zero-order valence-electron chi connectivity index (χ0n) is 11.1. The molecule has 2 heteroatoms. The first-order chi connectivity index (χ1) is 8.27. The van der Waals surface area contributed by atoms with Crippen LogP contribution < -0.4 is 5.32 Å². The molecule has 2 nitrogen and oxygen atoms in total. The van der Waals surface area contributed by atoms with Crippen molar-refractivity contribution in [2.45, 2.75) is 39.7 Å². The maximum atomic E-state index is 11.2. The molecule has 2 rings (SSSR count). The normalized spacial score (nSPS) is 23.5. The van der Waals surface area contributed by atoms with Crippen molar-refractivity contribution >= 4 is 5.78 Å². The molecule has 1 unspecified atom stereocenters. The Morgan fingerprint density at radius 2 is 1.82 bits per heavy atom. The molecule has 0 aliphatic carbocycles. The van der Waals surface area contributed by atoms with Gasteiger partial charge in [0.15, 0.2) is 0 Å². The predicted molar refractivity (Wildman–Crippen MR) is 71.9 cm³/mol. The number of carbonyl (C=O) groups is 1. The summed E-state index contributed by atoms with van der Waals surface area (Å²) >= 11 is 0. The van der Waals surface area contributed by atoms with Crippen LogP contribution in [0.25, 0.3) is 0 Å². The van der Waals surface area contributed by atoms with Crippen molar-refractivity contribution in [1.29, 1.82) is 0 Å². The van der Waals surface area contributed by atoms with Crippen LogP contribution in [-0.2, 0) is 4.79 Å². The fourth-order valence-electron chi connectivity index (χ4n) is 2.17. The molecule has 1 aromatic carbocycles. The molecule has 1 aromatic rings. The SMILES string of the molecule is CC.CC(=O)C1CC[C@@H](c2ccccc2)NC1. The molecule has 17 heavy (non-hydrogen) atoms. The summed E-state index contributed by atoms with van der Waals surface area (Å²) in [6.07, 6.45) is 2.08. The molecule has 0 aromatic heterocycles. The number of ketones is 1. The molecule has 94 valence electrons. The third kappa shape index (κ3) is 3.97. The van der Waals surface area contributed by atoms with Crippen molar-refractivity contribution in [2.75, 3.05) is 6.54 Å². The van der Waals surface area contributed by atoms with Crippen LogP contribution in [-0.4, -0.2) is 12.3 Å². The Morgan fingerprint density at radius 3 is 2.29 bits per heavy atom. The monoisotopic (exact) mass is 233 g/mol. The average molecular weight is 233 g/mol. The summed E-state index contributed by atoms with van der Waals surface area (Å²) in [4.78, 5) is 11.2. The number of hydrogen-bond acceptors (Lipinski definition) is 2. The van der Waals surface area contributed by atoms with Gasteiger partial charge in [0.25, 0.3) is 0 Å². The average Bonchev–Trinajstić information content (AvgIpc) is 2.42. The zero-order chi connectivity index (χ0) is 12.7. The second-order valence-corrected chi connectivity index (χ2v) is 4.26. The molecule has 1 saturated heterocycles. The Balaban J connectivity index is 0.000000686. The number of carbonyl (C=O) groups excluding carboxylic acids is 1. The molecule has 1 aliphatic heterocycles. The van der Waals surface area contributed by atoms with Gasteiger partial charge in [-0.05, 0) is 25.3 Å². The molecular weight excluding hydrogens is 210 g/mol.